The highest BCUT2D eigenvalue weighted by Crippen LogP contribution is 2.26. The first-order chi connectivity index (χ1) is 13.5. The molecule has 0 spiro atoms. The second-order valence-electron chi connectivity index (χ2n) is 6.44. The highest BCUT2D eigenvalue weighted by molar-refractivity contribution is 8.00. The highest BCUT2D eigenvalue weighted by Gasteiger charge is 2.14. The van der Waals surface area contributed by atoms with Gasteiger partial charge in [0.25, 0.3) is 0 Å². The third kappa shape index (κ3) is 5.60. The Morgan fingerprint density at radius 2 is 2.11 bits per heavy atom. The van der Waals surface area contributed by atoms with Crippen LogP contribution in [-0.2, 0) is 17.8 Å². The van der Waals surface area contributed by atoms with Crippen molar-refractivity contribution in [3.05, 3.63) is 78.1 Å². The fraction of sp³-hybridized carbons (Fsp3) is 0.238. The zero-order valence-electron chi connectivity index (χ0n) is 15.5. The standard InChI is InChI=1S/C21H22FN3O2S/c1-15(28-20-7-3-6-19(26)11-20)21(27)24-9-8-18-12-23-14-25(18)13-16-4-2-5-17(22)10-16/h2-7,10-12,14-15,26H,8-9,13H2,1H3,(H,24,27). The van der Waals surface area contributed by atoms with Crippen molar-refractivity contribution in [1.29, 1.82) is 0 Å². The molecule has 0 fully saturated rings. The Balaban J connectivity index is 1.50. The molecule has 146 valence electrons. The topological polar surface area (TPSA) is 67.2 Å². The van der Waals surface area contributed by atoms with E-state index in [-0.39, 0.29) is 22.7 Å². The van der Waals surface area contributed by atoms with Crippen molar-refractivity contribution in [3.63, 3.8) is 0 Å². The fourth-order valence-electron chi connectivity index (χ4n) is 2.80. The monoisotopic (exact) mass is 399 g/mol. The average molecular weight is 399 g/mol. The Labute approximate surface area is 167 Å². The Morgan fingerprint density at radius 3 is 2.89 bits per heavy atom. The van der Waals surface area contributed by atoms with E-state index in [4.69, 9.17) is 0 Å². The minimum atomic E-state index is -0.279. The largest absolute Gasteiger partial charge is 0.508 e. The number of phenolic OH excluding ortho intramolecular Hbond substituents is 1. The lowest BCUT2D eigenvalue weighted by Gasteiger charge is -2.13. The number of aromatic nitrogens is 2. The molecule has 3 rings (SSSR count). The molecule has 1 aromatic heterocycles. The van der Waals surface area contributed by atoms with Crippen molar-refractivity contribution in [2.75, 3.05) is 6.54 Å². The number of aromatic hydroxyl groups is 1. The molecule has 0 aliphatic rings. The number of carbonyl (C=O) groups is 1. The summed E-state index contributed by atoms with van der Waals surface area (Å²) >= 11 is 1.39. The minimum absolute atomic E-state index is 0.0652. The van der Waals surface area contributed by atoms with Gasteiger partial charge < -0.3 is 15.0 Å². The van der Waals surface area contributed by atoms with Gasteiger partial charge in [0, 0.05) is 36.3 Å². The van der Waals surface area contributed by atoms with Gasteiger partial charge in [-0.15, -0.1) is 11.8 Å². The quantitative estimate of drug-likeness (QED) is 0.568. The molecule has 0 radical (unpaired) electrons. The van der Waals surface area contributed by atoms with Crippen LogP contribution in [0.25, 0.3) is 0 Å². The van der Waals surface area contributed by atoms with Crippen LogP contribution in [0.2, 0.25) is 0 Å². The molecule has 0 saturated heterocycles. The van der Waals surface area contributed by atoms with Gasteiger partial charge in [-0.25, -0.2) is 9.37 Å². The van der Waals surface area contributed by atoms with Crippen LogP contribution in [0, 0.1) is 5.82 Å². The molecule has 3 aromatic rings. The predicted octanol–water partition coefficient (Wildman–Crippen LogP) is 3.62. The first kappa shape index (κ1) is 19.9. The molecular weight excluding hydrogens is 377 g/mol. The molecule has 2 N–H and O–H groups in total. The molecule has 0 saturated carbocycles. The van der Waals surface area contributed by atoms with Crippen molar-refractivity contribution in [3.8, 4) is 5.75 Å². The van der Waals surface area contributed by atoms with E-state index in [1.165, 1.54) is 23.9 Å². The molecule has 5 nitrogen and oxygen atoms in total. The number of nitrogens with one attached hydrogen (secondary N) is 1. The summed E-state index contributed by atoms with van der Waals surface area (Å²) in [6.45, 7) is 2.85. The lowest BCUT2D eigenvalue weighted by molar-refractivity contribution is -0.120. The van der Waals surface area contributed by atoms with Gasteiger partial charge in [-0.3, -0.25) is 4.79 Å². The van der Waals surface area contributed by atoms with Crippen LogP contribution in [0.5, 0.6) is 5.75 Å². The second kappa shape index (κ2) is 9.41. The van der Waals surface area contributed by atoms with Crippen LogP contribution < -0.4 is 5.32 Å². The van der Waals surface area contributed by atoms with Gasteiger partial charge in [-0.2, -0.15) is 0 Å². The van der Waals surface area contributed by atoms with E-state index in [1.54, 1.807) is 36.8 Å². The Hall–Kier alpha value is -2.80. The molecule has 1 unspecified atom stereocenters. The molecular formula is C21H22FN3O2S. The molecule has 0 aliphatic heterocycles. The lowest BCUT2D eigenvalue weighted by Crippen LogP contribution is -2.32. The van der Waals surface area contributed by atoms with Crippen LogP contribution in [0.4, 0.5) is 4.39 Å². The molecule has 28 heavy (non-hydrogen) atoms. The number of amides is 1. The summed E-state index contributed by atoms with van der Waals surface area (Å²) in [6, 6.07) is 13.3. The van der Waals surface area contributed by atoms with Gasteiger partial charge in [-0.05, 0) is 42.8 Å². The number of nitrogens with zero attached hydrogens (tertiary/aromatic N) is 2. The highest BCUT2D eigenvalue weighted by atomic mass is 32.2. The van der Waals surface area contributed by atoms with E-state index >= 15 is 0 Å². The van der Waals surface area contributed by atoms with Crippen molar-refractivity contribution in [2.24, 2.45) is 0 Å². The summed E-state index contributed by atoms with van der Waals surface area (Å²) < 4.78 is 15.3. The van der Waals surface area contributed by atoms with Crippen LogP contribution in [0.15, 0.2) is 66.0 Å². The van der Waals surface area contributed by atoms with E-state index in [0.717, 1.165) is 16.2 Å². The number of hydrogen-bond donors (Lipinski definition) is 2. The predicted molar refractivity (Wildman–Crippen MR) is 108 cm³/mol. The van der Waals surface area contributed by atoms with E-state index in [2.05, 4.69) is 10.3 Å². The maximum absolute atomic E-state index is 13.4. The van der Waals surface area contributed by atoms with Gasteiger partial charge in [0.1, 0.15) is 11.6 Å². The number of rotatable bonds is 8. The molecule has 0 aliphatic carbocycles. The van der Waals surface area contributed by atoms with Crippen LogP contribution in [0.1, 0.15) is 18.2 Å². The van der Waals surface area contributed by atoms with Gasteiger partial charge >= 0.3 is 0 Å². The van der Waals surface area contributed by atoms with Gasteiger partial charge in [0.2, 0.25) is 5.91 Å². The summed E-state index contributed by atoms with van der Waals surface area (Å²) in [7, 11) is 0. The Kier molecular flexibility index (Phi) is 6.71. The molecule has 7 heteroatoms. The van der Waals surface area contributed by atoms with E-state index in [9.17, 15) is 14.3 Å². The maximum atomic E-state index is 13.4. The van der Waals surface area contributed by atoms with Crippen molar-refractivity contribution in [1.82, 2.24) is 14.9 Å². The number of phenols is 1. The van der Waals surface area contributed by atoms with Gasteiger partial charge in [-0.1, -0.05) is 18.2 Å². The first-order valence-electron chi connectivity index (χ1n) is 8.98. The average Bonchev–Trinajstić information content (AvgIpc) is 3.08. The van der Waals surface area contributed by atoms with E-state index in [0.29, 0.717) is 19.5 Å². The molecule has 2 aromatic carbocycles. The van der Waals surface area contributed by atoms with Gasteiger partial charge in [0.15, 0.2) is 0 Å². The summed E-state index contributed by atoms with van der Waals surface area (Å²) in [5.41, 5.74) is 1.83. The van der Waals surface area contributed by atoms with Crippen LogP contribution in [-0.4, -0.2) is 32.4 Å². The minimum Gasteiger partial charge on any atom is -0.508 e. The lowest BCUT2D eigenvalue weighted by atomic mass is 10.2. The number of benzene rings is 2. The number of carbonyl (C=O) groups excluding carboxylic acids is 1. The molecule has 1 heterocycles. The number of thioether (sulfide) groups is 1. The van der Waals surface area contributed by atoms with E-state index in [1.807, 2.05) is 23.6 Å². The summed E-state index contributed by atoms with van der Waals surface area (Å²) in [6.07, 6.45) is 4.10. The number of imidazole rings is 1. The normalized spacial score (nSPS) is 11.9. The second-order valence-corrected chi connectivity index (χ2v) is 7.86. The molecule has 1 amide bonds. The Morgan fingerprint density at radius 1 is 1.29 bits per heavy atom. The van der Waals surface area contributed by atoms with Gasteiger partial charge in [0.05, 0.1) is 11.6 Å². The van der Waals surface area contributed by atoms with Crippen molar-refractivity contribution in [2.45, 2.75) is 30.0 Å². The third-order valence-electron chi connectivity index (χ3n) is 4.22. The summed E-state index contributed by atoms with van der Waals surface area (Å²) in [5.74, 6) is -0.140. The number of hydrogen-bond acceptors (Lipinski definition) is 4. The number of halogens is 1. The smallest absolute Gasteiger partial charge is 0.233 e. The van der Waals surface area contributed by atoms with Crippen LogP contribution >= 0.6 is 11.8 Å². The van der Waals surface area contributed by atoms with Crippen molar-refractivity contribution >= 4 is 17.7 Å². The molecule has 1 atom stereocenters. The Bertz CT molecular complexity index is 945. The van der Waals surface area contributed by atoms with E-state index < -0.39 is 0 Å². The van der Waals surface area contributed by atoms with Crippen molar-refractivity contribution < 1.29 is 14.3 Å². The fourth-order valence-corrected chi connectivity index (χ4v) is 3.75. The summed E-state index contributed by atoms with van der Waals surface area (Å²) in [4.78, 5) is 17.3. The third-order valence-corrected chi connectivity index (χ3v) is 5.31. The molecule has 0 bridgehead atoms. The zero-order valence-corrected chi connectivity index (χ0v) is 16.3. The summed E-state index contributed by atoms with van der Waals surface area (Å²) in [5, 5.41) is 12.2. The first-order valence-corrected chi connectivity index (χ1v) is 9.86. The zero-order chi connectivity index (χ0) is 19.9. The SMILES string of the molecule is CC(Sc1cccc(O)c1)C(=O)NCCc1cncn1Cc1cccc(F)c1. The van der Waals surface area contributed by atoms with Crippen LogP contribution in [0.3, 0.4) is 0 Å². The maximum Gasteiger partial charge on any atom is 0.233 e.